The van der Waals surface area contributed by atoms with E-state index in [0.717, 1.165) is 22.9 Å². The molecule has 0 radical (unpaired) electrons. The standard InChI is InChI=1S/C24H28N2O4S.Na/c1-2-3-4-5-6-9-18-30-24-17-16-23(21-10-7-8-11-22(21)24)26-25-19-12-14-20(15-13-19)31(27,28)29;/h7-8,10-17H,2-6,9,18H2,1H3,(H,27,28,29);/q;+1/p-1/b26-25+;. The number of azo groups is 1. The van der Waals surface area contributed by atoms with Crippen molar-refractivity contribution in [3.63, 3.8) is 0 Å². The first-order chi connectivity index (χ1) is 15.0. The maximum atomic E-state index is 11.0. The first-order valence-corrected chi connectivity index (χ1v) is 12.0. The molecule has 0 amide bonds. The van der Waals surface area contributed by atoms with Gasteiger partial charge in [-0.25, -0.2) is 8.42 Å². The molecule has 0 spiro atoms. The van der Waals surface area contributed by atoms with Crippen LogP contribution in [0.4, 0.5) is 11.4 Å². The van der Waals surface area contributed by atoms with Gasteiger partial charge in [0, 0.05) is 10.8 Å². The summed E-state index contributed by atoms with van der Waals surface area (Å²) < 4.78 is 39.1. The smallest absolute Gasteiger partial charge is 0.744 e. The molecule has 32 heavy (non-hydrogen) atoms. The number of fused-ring (bicyclic) bond motifs is 1. The summed E-state index contributed by atoms with van der Waals surface area (Å²) in [7, 11) is -4.47. The molecule has 0 N–H and O–H groups in total. The van der Waals surface area contributed by atoms with E-state index in [-0.39, 0.29) is 34.5 Å². The van der Waals surface area contributed by atoms with Crippen LogP contribution in [0.1, 0.15) is 45.4 Å². The second kappa shape index (κ2) is 13.1. The van der Waals surface area contributed by atoms with Gasteiger partial charge in [-0.05, 0) is 42.8 Å². The summed E-state index contributed by atoms with van der Waals surface area (Å²) in [6.45, 7) is 2.90. The van der Waals surface area contributed by atoms with E-state index >= 15 is 0 Å². The molecule has 0 aliphatic carbocycles. The van der Waals surface area contributed by atoms with E-state index in [0.29, 0.717) is 18.0 Å². The molecule has 0 aliphatic rings. The summed E-state index contributed by atoms with van der Waals surface area (Å²) in [4.78, 5) is -0.288. The molecule has 0 unspecified atom stereocenters. The number of hydrogen-bond acceptors (Lipinski definition) is 6. The summed E-state index contributed by atoms with van der Waals surface area (Å²) in [6, 6.07) is 17.0. The summed E-state index contributed by atoms with van der Waals surface area (Å²) in [6.07, 6.45) is 7.29. The van der Waals surface area contributed by atoms with Gasteiger partial charge in [0.25, 0.3) is 0 Å². The van der Waals surface area contributed by atoms with E-state index in [9.17, 15) is 13.0 Å². The molecule has 6 nitrogen and oxygen atoms in total. The molecular weight excluding hydrogens is 435 g/mol. The Bertz CT molecular complexity index is 1130. The van der Waals surface area contributed by atoms with E-state index in [2.05, 4.69) is 17.2 Å². The topological polar surface area (TPSA) is 91.2 Å². The molecule has 3 aromatic rings. The van der Waals surface area contributed by atoms with E-state index in [1.165, 1.54) is 56.4 Å². The van der Waals surface area contributed by atoms with Gasteiger partial charge >= 0.3 is 29.6 Å². The van der Waals surface area contributed by atoms with E-state index in [1.54, 1.807) is 0 Å². The van der Waals surface area contributed by atoms with Crippen LogP contribution < -0.4 is 34.3 Å². The Kier molecular flexibility index (Phi) is 10.8. The molecule has 164 valence electrons. The Morgan fingerprint density at radius 1 is 0.812 bits per heavy atom. The van der Waals surface area contributed by atoms with E-state index in [4.69, 9.17) is 4.74 Å². The molecule has 0 aromatic heterocycles. The van der Waals surface area contributed by atoms with Gasteiger partial charge < -0.3 is 9.29 Å². The van der Waals surface area contributed by atoms with Crippen molar-refractivity contribution in [3.8, 4) is 5.75 Å². The largest absolute Gasteiger partial charge is 1.00 e. The van der Waals surface area contributed by atoms with Gasteiger partial charge in [0.1, 0.15) is 15.9 Å². The Hall–Kier alpha value is -1.77. The SMILES string of the molecule is CCCCCCCCOc1ccc(/N=N/c2ccc(S(=O)(=O)[O-])cc2)c2ccccc12.[Na+]. The van der Waals surface area contributed by atoms with Crippen LogP contribution in [0, 0.1) is 0 Å². The average Bonchev–Trinajstić information content (AvgIpc) is 2.77. The fourth-order valence-corrected chi connectivity index (χ4v) is 3.79. The van der Waals surface area contributed by atoms with Crippen LogP contribution in [0.3, 0.4) is 0 Å². The minimum atomic E-state index is -4.47. The van der Waals surface area contributed by atoms with Crippen molar-refractivity contribution >= 4 is 32.3 Å². The summed E-state index contributed by atoms with van der Waals surface area (Å²) >= 11 is 0. The normalized spacial score (nSPS) is 11.6. The summed E-state index contributed by atoms with van der Waals surface area (Å²) in [5, 5.41) is 10.4. The number of hydrogen-bond donors (Lipinski definition) is 0. The summed E-state index contributed by atoms with van der Waals surface area (Å²) in [5.41, 5.74) is 1.14. The van der Waals surface area contributed by atoms with Crippen molar-refractivity contribution in [1.82, 2.24) is 0 Å². The Morgan fingerprint density at radius 3 is 2.16 bits per heavy atom. The van der Waals surface area contributed by atoms with Gasteiger partial charge in [0.15, 0.2) is 0 Å². The molecule has 0 fully saturated rings. The zero-order valence-corrected chi connectivity index (χ0v) is 21.5. The van der Waals surface area contributed by atoms with E-state index in [1.807, 2.05) is 36.4 Å². The quantitative estimate of drug-likeness (QED) is 0.187. The van der Waals surface area contributed by atoms with Crippen LogP contribution in [0.15, 0.2) is 75.8 Å². The number of nitrogens with zero attached hydrogens (tertiary/aromatic N) is 2. The van der Waals surface area contributed by atoms with Gasteiger partial charge in [-0.1, -0.05) is 63.3 Å². The molecular formula is C24H27N2NaO4S. The Morgan fingerprint density at radius 2 is 1.47 bits per heavy atom. The van der Waals surface area contributed by atoms with Crippen molar-refractivity contribution in [2.24, 2.45) is 10.2 Å². The fraction of sp³-hybridized carbons (Fsp3) is 0.333. The van der Waals surface area contributed by atoms with Crippen molar-refractivity contribution in [2.45, 2.75) is 50.3 Å². The molecule has 0 bridgehead atoms. The molecule has 8 heteroatoms. The van der Waals surface area contributed by atoms with Gasteiger partial charge in [0.2, 0.25) is 0 Å². The average molecular weight is 463 g/mol. The minimum absolute atomic E-state index is 0. The zero-order valence-electron chi connectivity index (χ0n) is 18.7. The summed E-state index contributed by atoms with van der Waals surface area (Å²) in [5.74, 6) is 0.827. The number of rotatable bonds is 11. The third kappa shape index (κ3) is 7.67. The van der Waals surface area contributed by atoms with Gasteiger partial charge in [-0.2, -0.15) is 5.11 Å². The molecule has 3 aromatic carbocycles. The first kappa shape index (κ1) is 26.5. The van der Waals surface area contributed by atoms with Crippen molar-refractivity contribution in [1.29, 1.82) is 0 Å². The molecule has 0 saturated carbocycles. The van der Waals surface area contributed by atoms with E-state index < -0.39 is 10.1 Å². The third-order valence-corrected chi connectivity index (χ3v) is 5.86. The molecule has 0 atom stereocenters. The van der Waals surface area contributed by atoms with Gasteiger partial charge in [-0.3, -0.25) is 0 Å². The molecule has 0 aliphatic heterocycles. The van der Waals surface area contributed by atoms with Gasteiger partial charge in [0.05, 0.1) is 22.9 Å². The van der Waals surface area contributed by atoms with Crippen LogP contribution in [-0.4, -0.2) is 19.6 Å². The van der Waals surface area contributed by atoms with Crippen LogP contribution in [0.5, 0.6) is 5.75 Å². The Balaban J connectivity index is 0.00000363. The zero-order chi connectivity index (χ0) is 22.1. The fourth-order valence-electron chi connectivity index (χ4n) is 3.32. The van der Waals surface area contributed by atoms with Crippen LogP contribution >= 0.6 is 0 Å². The van der Waals surface area contributed by atoms with Crippen molar-refractivity contribution in [2.75, 3.05) is 6.61 Å². The number of unbranched alkanes of at least 4 members (excludes halogenated alkanes) is 5. The maximum absolute atomic E-state index is 11.0. The maximum Gasteiger partial charge on any atom is 1.00 e. The second-order valence-corrected chi connectivity index (χ2v) is 8.77. The first-order valence-electron chi connectivity index (χ1n) is 10.6. The van der Waals surface area contributed by atoms with Crippen molar-refractivity contribution in [3.05, 3.63) is 60.7 Å². The van der Waals surface area contributed by atoms with Crippen molar-refractivity contribution < 1.29 is 47.3 Å². The number of ether oxygens (including phenoxy) is 1. The number of benzene rings is 3. The van der Waals surface area contributed by atoms with Crippen LogP contribution in [0.2, 0.25) is 0 Å². The molecule has 0 saturated heterocycles. The monoisotopic (exact) mass is 462 g/mol. The minimum Gasteiger partial charge on any atom is -0.744 e. The van der Waals surface area contributed by atoms with Crippen LogP contribution in [-0.2, 0) is 10.1 Å². The Labute approximate surface area is 212 Å². The predicted octanol–water partition coefficient (Wildman–Crippen LogP) is 3.90. The van der Waals surface area contributed by atoms with Crippen LogP contribution in [0.25, 0.3) is 10.8 Å². The predicted molar refractivity (Wildman–Crippen MR) is 121 cm³/mol. The molecule has 3 rings (SSSR count). The van der Waals surface area contributed by atoms with Gasteiger partial charge in [-0.15, -0.1) is 5.11 Å². The third-order valence-electron chi connectivity index (χ3n) is 5.02. The molecule has 0 heterocycles. The second-order valence-electron chi connectivity index (χ2n) is 7.39.